The molecule has 0 fully saturated rings. The van der Waals surface area contributed by atoms with Gasteiger partial charge in [0.2, 0.25) is 0 Å². The van der Waals surface area contributed by atoms with E-state index in [1.807, 2.05) is 19.2 Å². The van der Waals surface area contributed by atoms with Gasteiger partial charge in [-0.3, -0.25) is 0 Å². The number of nitrogens with one attached hydrogen (secondary N) is 1. The zero-order valence-corrected chi connectivity index (χ0v) is 13.3. The molecule has 0 heterocycles. The fourth-order valence-electron chi connectivity index (χ4n) is 2.27. The monoisotopic (exact) mass is 327 g/mol. The van der Waals surface area contributed by atoms with Gasteiger partial charge in [0.15, 0.2) is 0 Å². The summed E-state index contributed by atoms with van der Waals surface area (Å²) in [5.74, 6) is 0.279. The molecule has 0 radical (unpaired) electrons. The largest absolute Gasteiger partial charge is 0.496 e. The molecule has 0 aromatic heterocycles. The van der Waals surface area contributed by atoms with Crippen molar-refractivity contribution in [1.82, 2.24) is 5.32 Å². The Kier molecular flexibility index (Phi) is 5.45. The fourth-order valence-corrected chi connectivity index (χ4v) is 2.63. The van der Waals surface area contributed by atoms with Gasteiger partial charge in [-0.15, -0.1) is 0 Å². The second kappa shape index (κ2) is 7.12. The summed E-state index contributed by atoms with van der Waals surface area (Å²) in [5, 5.41) is 3.97. The van der Waals surface area contributed by atoms with Gasteiger partial charge in [0.25, 0.3) is 0 Å². The molecule has 0 spiro atoms. The molecule has 1 atom stereocenters. The second-order valence-corrected chi connectivity index (χ2v) is 5.46. The van der Waals surface area contributed by atoms with Crippen LogP contribution in [0, 0.1) is 5.82 Å². The Balaban J connectivity index is 2.34. The molecule has 112 valence electrons. The van der Waals surface area contributed by atoms with Crippen molar-refractivity contribution in [2.75, 3.05) is 14.2 Å². The zero-order valence-electron chi connectivity index (χ0n) is 11.8. The van der Waals surface area contributed by atoms with Crippen molar-refractivity contribution in [3.8, 4) is 5.75 Å². The van der Waals surface area contributed by atoms with Crippen LogP contribution in [0.15, 0.2) is 36.4 Å². The van der Waals surface area contributed by atoms with E-state index in [2.05, 4.69) is 5.32 Å². The Morgan fingerprint density at radius 3 is 2.67 bits per heavy atom. The second-order valence-electron chi connectivity index (χ2n) is 4.64. The van der Waals surface area contributed by atoms with E-state index in [4.69, 9.17) is 27.9 Å². The lowest BCUT2D eigenvalue weighted by Gasteiger charge is -2.20. The molecule has 2 aromatic rings. The van der Waals surface area contributed by atoms with Gasteiger partial charge in [-0.25, -0.2) is 4.39 Å². The Labute approximate surface area is 133 Å². The molecule has 2 aromatic carbocycles. The highest BCUT2D eigenvalue weighted by Gasteiger charge is 2.17. The number of methoxy groups -OCH3 is 1. The Hall–Kier alpha value is -1.29. The predicted octanol–water partition coefficient (Wildman–Crippen LogP) is 4.64. The molecule has 0 bridgehead atoms. The van der Waals surface area contributed by atoms with Gasteiger partial charge in [0, 0.05) is 16.6 Å². The number of rotatable bonds is 5. The third kappa shape index (κ3) is 3.67. The van der Waals surface area contributed by atoms with E-state index in [0.29, 0.717) is 17.2 Å². The van der Waals surface area contributed by atoms with Crippen LogP contribution in [0.25, 0.3) is 0 Å². The van der Waals surface area contributed by atoms with E-state index in [9.17, 15) is 4.39 Å². The summed E-state index contributed by atoms with van der Waals surface area (Å²) in [6.07, 6.45) is 0.547. The van der Waals surface area contributed by atoms with E-state index >= 15 is 0 Å². The van der Waals surface area contributed by atoms with E-state index in [0.717, 1.165) is 11.1 Å². The lowest BCUT2D eigenvalue weighted by atomic mass is 9.98. The van der Waals surface area contributed by atoms with Gasteiger partial charge in [-0.1, -0.05) is 41.4 Å². The predicted molar refractivity (Wildman–Crippen MR) is 84.9 cm³/mol. The van der Waals surface area contributed by atoms with Crippen molar-refractivity contribution in [3.63, 3.8) is 0 Å². The quantitative estimate of drug-likeness (QED) is 0.863. The SMILES string of the molecule is CNC(Cc1cccc(F)c1Cl)c1ccc(Cl)cc1OC. The average Bonchev–Trinajstić information content (AvgIpc) is 2.49. The van der Waals surface area contributed by atoms with Crippen LogP contribution in [0.4, 0.5) is 4.39 Å². The van der Waals surface area contributed by atoms with Crippen LogP contribution in [0.5, 0.6) is 5.75 Å². The number of halogens is 3. The minimum atomic E-state index is -0.410. The zero-order chi connectivity index (χ0) is 15.4. The van der Waals surface area contributed by atoms with Crippen molar-refractivity contribution < 1.29 is 9.13 Å². The highest BCUT2D eigenvalue weighted by molar-refractivity contribution is 6.31. The van der Waals surface area contributed by atoms with Crippen molar-refractivity contribution >= 4 is 23.2 Å². The molecule has 21 heavy (non-hydrogen) atoms. The molecule has 1 N–H and O–H groups in total. The molecule has 5 heteroatoms. The van der Waals surface area contributed by atoms with Crippen LogP contribution in [0.1, 0.15) is 17.2 Å². The average molecular weight is 328 g/mol. The van der Waals surface area contributed by atoms with E-state index in [1.165, 1.54) is 6.07 Å². The molecular formula is C16H16Cl2FNO. The van der Waals surface area contributed by atoms with Crippen LogP contribution in [0.3, 0.4) is 0 Å². The summed E-state index contributed by atoms with van der Waals surface area (Å²) in [6, 6.07) is 10.2. The first kappa shape index (κ1) is 16.1. The molecule has 0 saturated carbocycles. The molecule has 2 rings (SSSR count). The summed E-state index contributed by atoms with van der Waals surface area (Å²) < 4.78 is 18.9. The molecule has 0 amide bonds. The van der Waals surface area contributed by atoms with Crippen LogP contribution < -0.4 is 10.1 Å². The van der Waals surface area contributed by atoms with E-state index < -0.39 is 5.82 Å². The standard InChI is InChI=1S/C16H16Cl2FNO/c1-20-14(8-10-4-3-5-13(19)16(10)18)12-7-6-11(17)9-15(12)21-2/h3-7,9,14,20H,8H2,1-2H3. The van der Waals surface area contributed by atoms with E-state index in [-0.39, 0.29) is 11.1 Å². The highest BCUT2D eigenvalue weighted by Crippen LogP contribution is 2.32. The van der Waals surface area contributed by atoms with Crippen molar-refractivity contribution in [3.05, 3.63) is 63.4 Å². The summed E-state index contributed by atoms with van der Waals surface area (Å²) in [7, 11) is 3.43. The molecule has 0 aliphatic heterocycles. The third-order valence-corrected chi connectivity index (χ3v) is 4.03. The number of hydrogen-bond donors (Lipinski definition) is 1. The summed E-state index contributed by atoms with van der Waals surface area (Å²) in [4.78, 5) is 0. The van der Waals surface area contributed by atoms with Gasteiger partial charge in [0.05, 0.1) is 12.1 Å². The lowest BCUT2D eigenvalue weighted by Crippen LogP contribution is -2.20. The first-order valence-electron chi connectivity index (χ1n) is 6.50. The van der Waals surface area contributed by atoms with Crippen molar-refractivity contribution in [1.29, 1.82) is 0 Å². The minimum absolute atomic E-state index is 0.0588. The Morgan fingerprint density at radius 1 is 1.24 bits per heavy atom. The van der Waals surface area contributed by atoms with Crippen molar-refractivity contribution in [2.24, 2.45) is 0 Å². The molecule has 1 unspecified atom stereocenters. The maximum Gasteiger partial charge on any atom is 0.142 e. The summed E-state index contributed by atoms with van der Waals surface area (Å²) in [5.41, 5.74) is 1.69. The third-order valence-electron chi connectivity index (χ3n) is 3.38. The lowest BCUT2D eigenvalue weighted by molar-refractivity contribution is 0.401. The van der Waals surface area contributed by atoms with Gasteiger partial charge in [-0.2, -0.15) is 0 Å². The van der Waals surface area contributed by atoms with Gasteiger partial charge in [-0.05, 0) is 37.2 Å². The maximum atomic E-state index is 13.5. The van der Waals surface area contributed by atoms with Crippen LogP contribution in [-0.2, 0) is 6.42 Å². The smallest absolute Gasteiger partial charge is 0.142 e. The van der Waals surface area contributed by atoms with Gasteiger partial charge in [0.1, 0.15) is 11.6 Å². The Morgan fingerprint density at radius 2 is 2.00 bits per heavy atom. The molecule has 0 aliphatic carbocycles. The van der Waals surface area contributed by atoms with Gasteiger partial charge < -0.3 is 10.1 Å². The van der Waals surface area contributed by atoms with E-state index in [1.54, 1.807) is 25.3 Å². The topological polar surface area (TPSA) is 21.3 Å². The van der Waals surface area contributed by atoms with Crippen LogP contribution in [0.2, 0.25) is 10.0 Å². The van der Waals surface area contributed by atoms with Crippen LogP contribution in [-0.4, -0.2) is 14.2 Å². The highest BCUT2D eigenvalue weighted by atomic mass is 35.5. The van der Waals surface area contributed by atoms with Crippen molar-refractivity contribution in [2.45, 2.75) is 12.5 Å². The summed E-state index contributed by atoms with van der Waals surface area (Å²) in [6.45, 7) is 0. The Bertz CT molecular complexity index is 634. The summed E-state index contributed by atoms with van der Waals surface area (Å²) >= 11 is 12.0. The normalized spacial score (nSPS) is 12.2. The van der Waals surface area contributed by atoms with Gasteiger partial charge >= 0.3 is 0 Å². The fraction of sp³-hybridized carbons (Fsp3) is 0.250. The number of hydrogen-bond acceptors (Lipinski definition) is 2. The molecule has 0 saturated heterocycles. The van der Waals surface area contributed by atoms with Crippen LogP contribution >= 0.6 is 23.2 Å². The molecule has 2 nitrogen and oxygen atoms in total. The molecule has 0 aliphatic rings. The number of ether oxygens (including phenoxy) is 1. The molecular weight excluding hydrogens is 312 g/mol. The first-order chi connectivity index (χ1) is 10.1. The maximum absolute atomic E-state index is 13.5. The minimum Gasteiger partial charge on any atom is -0.496 e. The first-order valence-corrected chi connectivity index (χ1v) is 7.26. The number of likely N-dealkylation sites (N-methyl/N-ethyl adjacent to an activating group) is 1. The number of benzene rings is 2.